The monoisotopic (exact) mass is 281 g/mol. The number of likely N-dealkylation sites (N-methyl/N-ethyl adjacent to an activating group) is 1. The topological polar surface area (TPSA) is 47.7 Å². The van der Waals surface area contributed by atoms with Crippen molar-refractivity contribution in [1.82, 2.24) is 24.6 Å². The van der Waals surface area contributed by atoms with Crippen molar-refractivity contribution in [2.75, 3.05) is 6.54 Å². The van der Waals surface area contributed by atoms with Gasteiger partial charge in [-0.3, -0.25) is 4.68 Å². The van der Waals surface area contributed by atoms with Crippen LogP contribution in [0.1, 0.15) is 30.2 Å². The molecule has 0 spiro atoms. The first kappa shape index (κ1) is 14.1. The fourth-order valence-electron chi connectivity index (χ4n) is 2.31. The number of imidazole rings is 1. The van der Waals surface area contributed by atoms with Gasteiger partial charge in [0.15, 0.2) is 0 Å². The van der Waals surface area contributed by atoms with E-state index in [1.165, 1.54) is 0 Å². The molecule has 104 valence electrons. The highest BCUT2D eigenvalue weighted by molar-refractivity contribution is 6.31. The molecule has 0 aromatic carbocycles. The van der Waals surface area contributed by atoms with E-state index in [9.17, 15) is 0 Å². The van der Waals surface area contributed by atoms with E-state index in [0.29, 0.717) is 0 Å². The number of nitrogens with zero attached hydrogens (tertiary/aromatic N) is 4. The van der Waals surface area contributed by atoms with Crippen molar-refractivity contribution < 1.29 is 0 Å². The molecule has 0 aliphatic heterocycles. The third kappa shape index (κ3) is 2.82. The molecule has 6 heteroatoms. The Morgan fingerprint density at radius 2 is 2.16 bits per heavy atom. The lowest BCUT2D eigenvalue weighted by Crippen LogP contribution is -2.26. The van der Waals surface area contributed by atoms with Crippen LogP contribution in [0.4, 0.5) is 0 Å². The highest BCUT2D eigenvalue weighted by atomic mass is 35.5. The van der Waals surface area contributed by atoms with Gasteiger partial charge in [-0.2, -0.15) is 5.10 Å². The van der Waals surface area contributed by atoms with Gasteiger partial charge in [0, 0.05) is 32.9 Å². The first-order valence-corrected chi connectivity index (χ1v) is 6.81. The summed E-state index contributed by atoms with van der Waals surface area (Å²) in [5.41, 5.74) is 1.90. The van der Waals surface area contributed by atoms with Gasteiger partial charge in [0.1, 0.15) is 5.82 Å². The molecular formula is C13H20ClN5. The number of hydrogen-bond donors (Lipinski definition) is 1. The summed E-state index contributed by atoms with van der Waals surface area (Å²) in [5.74, 6) is 1.01. The van der Waals surface area contributed by atoms with E-state index in [-0.39, 0.29) is 6.04 Å². The minimum absolute atomic E-state index is 0.136. The van der Waals surface area contributed by atoms with Crippen LogP contribution >= 0.6 is 11.6 Å². The second-order valence-electron chi connectivity index (χ2n) is 4.68. The van der Waals surface area contributed by atoms with Crippen molar-refractivity contribution >= 4 is 11.6 Å². The van der Waals surface area contributed by atoms with Crippen LogP contribution in [-0.2, 0) is 20.5 Å². The van der Waals surface area contributed by atoms with Gasteiger partial charge in [-0.25, -0.2) is 4.98 Å². The molecule has 0 saturated carbocycles. The Labute approximate surface area is 118 Å². The molecular weight excluding hydrogens is 262 g/mol. The lowest BCUT2D eigenvalue weighted by atomic mass is 10.1. The third-order valence-corrected chi connectivity index (χ3v) is 3.77. The average Bonchev–Trinajstić information content (AvgIpc) is 2.88. The van der Waals surface area contributed by atoms with Gasteiger partial charge in [0.25, 0.3) is 0 Å². The zero-order valence-corrected chi connectivity index (χ0v) is 12.6. The number of nitrogens with one attached hydrogen (secondary N) is 1. The fraction of sp³-hybridized carbons (Fsp3) is 0.538. The predicted molar refractivity (Wildman–Crippen MR) is 76.3 cm³/mol. The van der Waals surface area contributed by atoms with Crippen LogP contribution in [0.5, 0.6) is 0 Å². The van der Waals surface area contributed by atoms with E-state index in [1.807, 2.05) is 42.7 Å². The predicted octanol–water partition coefficient (Wildman–Crippen LogP) is 2.01. The van der Waals surface area contributed by atoms with E-state index in [0.717, 1.165) is 35.2 Å². The minimum Gasteiger partial charge on any atom is -0.337 e. The number of aryl methyl sites for hydroxylation is 3. The van der Waals surface area contributed by atoms with Crippen molar-refractivity contribution in [3.8, 4) is 0 Å². The Morgan fingerprint density at radius 1 is 1.42 bits per heavy atom. The van der Waals surface area contributed by atoms with Crippen LogP contribution in [0.3, 0.4) is 0 Å². The Hall–Kier alpha value is -1.33. The molecule has 1 atom stereocenters. The zero-order chi connectivity index (χ0) is 14.0. The molecule has 5 nitrogen and oxygen atoms in total. The van der Waals surface area contributed by atoms with E-state index in [2.05, 4.69) is 22.3 Å². The quantitative estimate of drug-likeness (QED) is 0.912. The van der Waals surface area contributed by atoms with Crippen LogP contribution in [0.2, 0.25) is 5.02 Å². The van der Waals surface area contributed by atoms with E-state index in [4.69, 9.17) is 11.6 Å². The van der Waals surface area contributed by atoms with Crippen LogP contribution in [-0.4, -0.2) is 25.9 Å². The summed E-state index contributed by atoms with van der Waals surface area (Å²) in [6.07, 6.45) is 4.54. The van der Waals surface area contributed by atoms with Gasteiger partial charge in [-0.05, 0) is 13.5 Å². The maximum Gasteiger partial charge on any atom is 0.125 e. The molecule has 2 aromatic rings. The lowest BCUT2D eigenvalue weighted by Gasteiger charge is -2.18. The van der Waals surface area contributed by atoms with Crippen LogP contribution in [0, 0.1) is 6.92 Å². The molecule has 19 heavy (non-hydrogen) atoms. The van der Waals surface area contributed by atoms with E-state index < -0.39 is 0 Å². The number of rotatable bonds is 5. The Kier molecular flexibility index (Phi) is 4.27. The SMILES string of the molecule is CCNC(Cc1c(Cl)c(C)nn1C)c1nccn1C. The Balaban J connectivity index is 2.29. The van der Waals surface area contributed by atoms with Crippen LogP contribution < -0.4 is 5.32 Å². The first-order chi connectivity index (χ1) is 9.04. The second-order valence-corrected chi connectivity index (χ2v) is 5.06. The van der Waals surface area contributed by atoms with Gasteiger partial charge < -0.3 is 9.88 Å². The minimum atomic E-state index is 0.136. The van der Waals surface area contributed by atoms with Crippen LogP contribution in [0.15, 0.2) is 12.4 Å². The van der Waals surface area contributed by atoms with E-state index in [1.54, 1.807) is 0 Å². The molecule has 0 saturated heterocycles. The zero-order valence-electron chi connectivity index (χ0n) is 11.8. The fourth-order valence-corrected chi connectivity index (χ4v) is 2.55. The maximum absolute atomic E-state index is 6.32. The first-order valence-electron chi connectivity index (χ1n) is 6.43. The molecule has 0 radical (unpaired) electrons. The van der Waals surface area contributed by atoms with Crippen molar-refractivity contribution in [3.05, 3.63) is 34.6 Å². The normalized spacial score (nSPS) is 12.9. The molecule has 0 bridgehead atoms. The summed E-state index contributed by atoms with van der Waals surface area (Å²) in [4.78, 5) is 4.42. The number of aromatic nitrogens is 4. The van der Waals surface area contributed by atoms with Crippen molar-refractivity contribution in [3.63, 3.8) is 0 Å². The summed E-state index contributed by atoms with van der Waals surface area (Å²) >= 11 is 6.32. The van der Waals surface area contributed by atoms with Crippen LogP contribution in [0.25, 0.3) is 0 Å². The smallest absolute Gasteiger partial charge is 0.125 e. The molecule has 0 aliphatic carbocycles. The third-order valence-electron chi connectivity index (χ3n) is 3.28. The van der Waals surface area contributed by atoms with Gasteiger partial charge >= 0.3 is 0 Å². The molecule has 0 aliphatic rings. The summed E-state index contributed by atoms with van der Waals surface area (Å²) in [7, 11) is 3.93. The summed E-state index contributed by atoms with van der Waals surface area (Å²) in [5, 5.41) is 8.56. The Morgan fingerprint density at radius 3 is 2.63 bits per heavy atom. The average molecular weight is 282 g/mol. The Bertz CT molecular complexity index is 557. The lowest BCUT2D eigenvalue weighted by molar-refractivity contribution is 0.491. The number of hydrogen-bond acceptors (Lipinski definition) is 3. The molecule has 1 unspecified atom stereocenters. The van der Waals surface area contributed by atoms with Crippen molar-refractivity contribution in [2.45, 2.75) is 26.3 Å². The largest absolute Gasteiger partial charge is 0.337 e. The van der Waals surface area contributed by atoms with Gasteiger partial charge in [-0.15, -0.1) is 0 Å². The van der Waals surface area contributed by atoms with Gasteiger partial charge in [0.05, 0.1) is 22.5 Å². The van der Waals surface area contributed by atoms with Gasteiger partial charge in [-0.1, -0.05) is 18.5 Å². The molecule has 2 heterocycles. The molecule has 2 aromatic heterocycles. The van der Waals surface area contributed by atoms with Gasteiger partial charge in [0.2, 0.25) is 0 Å². The summed E-state index contributed by atoms with van der Waals surface area (Å²) < 4.78 is 3.88. The molecule has 1 N–H and O–H groups in total. The van der Waals surface area contributed by atoms with Crippen molar-refractivity contribution in [1.29, 1.82) is 0 Å². The van der Waals surface area contributed by atoms with E-state index >= 15 is 0 Å². The molecule has 0 fully saturated rings. The molecule has 2 rings (SSSR count). The summed E-state index contributed by atoms with van der Waals surface area (Å²) in [6.45, 7) is 4.90. The second kappa shape index (κ2) is 5.75. The summed E-state index contributed by atoms with van der Waals surface area (Å²) in [6, 6.07) is 0.136. The number of halogens is 1. The molecule has 0 amide bonds. The highest BCUT2D eigenvalue weighted by Gasteiger charge is 2.20. The maximum atomic E-state index is 6.32. The van der Waals surface area contributed by atoms with Crippen molar-refractivity contribution in [2.24, 2.45) is 14.1 Å². The standard InChI is InChI=1S/C13H20ClN5/c1-5-15-10(13-16-6-7-18(13)3)8-11-12(14)9(2)17-19(11)4/h6-7,10,15H,5,8H2,1-4H3. The highest BCUT2D eigenvalue weighted by Crippen LogP contribution is 2.24.